The fourth-order valence-electron chi connectivity index (χ4n) is 4.39. The molecule has 2 aliphatic rings. The standard InChI is InChI=1S/C22H34O3/c1-15-8-7-9-16(2)14-19(25-17(3)23)20-18(21(4,5)24)11-13-22(20,6)12-10-15/h9,19,24H,1,7-8,10-14H2,2-6H3/b16-9+/t19-,22-/m1/s1. The van der Waals surface area contributed by atoms with E-state index >= 15 is 0 Å². The van der Waals surface area contributed by atoms with Crippen LogP contribution in [0.15, 0.2) is 34.9 Å². The molecule has 2 aliphatic carbocycles. The molecule has 0 unspecified atom stereocenters. The van der Waals surface area contributed by atoms with Crippen molar-refractivity contribution in [2.75, 3.05) is 0 Å². The third-order valence-electron chi connectivity index (χ3n) is 5.80. The van der Waals surface area contributed by atoms with Crippen LogP contribution in [0, 0.1) is 5.41 Å². The van der Waals surface area contributed by atoms with Gasteiger partial charge in [0.2, 0.25) is 0 Å². The minimum Gasteiger partial charge on any atom is -0.458 e. The Hall–Kier alpha value is -1.35. The zero-order valence-electron chi connectivity index (χ0n) is 16.6. The molecule has 0 fully saturated rings. The molecule has 0 spiro atoms. The Kier molecular flexibility index (Phi) is 5.98. The van der Waals surface area contributed by atoms with Crippen molar-refractivity contribution in [1.29, 1.82) is 0 Å². The van der Waals surface area contributed by atoms with Gasteiger partial charge < -0.3 is 9.84 Å². The second-order valence-corrected chi connectivity index (χ2v) is 8.65. The molecule has 0 heterocycles. The van der Waals surface area contributed by atoms with Gasteiger partial charge in [-0.1, -0.05) is 30.7 Å². The van der Waals surface area contributed by atoms with Gasteiger partial charge in [-0.25, -0.2) is 0 Å². The lowest BCUT2D eigenvalue weighted by molar-refractivity contribution is -0.145. The number of allylic oxidation sites excluding steroid dienone is 2. The van der Waals surface area contributed by atoms with E-state index in [0.29, 0.717) is 6.42 Å². The van der Waals surface area contributed by atoms with Gasteiger partial charge >= 0.3 is 5.97 Å². The summed E-state index contributed by atoms with van der Waals surface area (Å²) in [5.41, 5.74) is 3.78. The maximum Gasteiger partial charge on any atom is 0.303 e. The number of rotatable bonds is 2. The third kappa shape index (κ3) is 4.84. The molecule has 3 nitrogen and oxygen atoms in total. The third-order valence-corrected chi connectivity index (χ3v) is 5.80. The molecule has 25 heavy (non-hydrogen) atoms. The Bertz CT molecular complexity index is 603. The normalized spacial score (nSPS) is 31.0. The molecule has 0 aromatic heterocycles. The second kappa shape index (κ2) is 7.49. The highest BCUT2D eigenvalue weighted by molar-refractivity contribution is 5.66. The molecule has 2 atom stereocenters. The summed E-state index contributed by atoms with van der Waals surface area (Å²) >= 11 is 0. The molecule has 0 aromatic carbocycles. The molecule has 3 heteroatoms. The summed E-state index contributed by atoms with van der Waals surface area (Å²) in [4.78, 5) is 11.8. The van der Waals surface area contributed by atoms with E-state index < -0.39 is 5.60 Å². The van der Waals surface area contributed by atoms with E-state index in [2.05, 4.69) is 26.5 Å². The first kappa shape index (κ1) is 20.0. The monoisotopic (exact) mass is 346 g/mol. The van der Waals surface area contributed by atoms with E-state index in [-0.39, 0.29) is 17.5 Å². The molecular weight excluding hydrogens is 312 g/mol. The summed E-state index contributed by atoms with van der Waals surface area (Å²) < 4.78 is 5.79. The number of carbonyl (C=O) groups is 1. The highest BCUT2D eigenvalue weighted by Gasteiger charge is 2.44. The van der Waals surface area contributed by atoms with Gasteiger partial charge in [-0.2, -0.15) is 0 Å². The van der Waals surface area contributed by atoms with Crippen LogP contribution in [0.2, 0.25) is 0 Å². The first-order valence-electron chi connectivity index (χ1n) is 9.49. The van der Waals surface area contributed by atoms with E-state index in [1.807, 2.05) is 13.8 Å². The molecular formula is C22H34O3. The van der Waals surface area contributed by atoms with Gasteiger partial charge in [-0.15, -0.1) is 0 Å². The van der Waals surface area contributed by atoms with E-state index in [4.69, 9.17) is 4.74 Å². The van der Waals surface area contributed by atoms with Crippen molar-refractivity contribution in [3.63, 3.8) is 0 Å². The Labute approximate surface area is 152 Å². The lowest BCUT2D eigenvalue weighted by Crippen LogP contribution is -2.32. The highest BCUT2D eigenvalue weighted by atomic mass is 16.5. The number of esters is 1. The van der Waals surface area contributed by atoms with Crippen LogP contribution in [0.5, 0.6) is 0 Å². The summed E-state index contributed by atoms with van der Waals surface area (Å²) in [5.74, 6) is -0.256. The fourth-order valence-corrected chi connectivity index (χ4v) is 4.39. The number of fused-ring (bicyclic) bond motifs is 1. The fraction of sp³-hybridized carbons (Fsp3) is 0.682. The minimum absolute atomic E-state index is 0.0526. The summed E-state index contributed by atoms with van der Waals surface area (Å²) in [6, 6.07) is 0. The van der Waals surface area contributed by atoms with Gasteiger partial charge in [0.15, 0.2) is 0 Å². The minimum atomic E-state index is -0.889. The molecule has 0 aliphatic heterocycles. The molecule has 0 bridgehead atoms. The lowest BCUT2D eigenvalue weighted by Gasteiger charge is -2.35. The molecule has 0 saturated heterocycles. The van der Waals surface area contributed by atoms with Crippen LogP contribution in [0.3, 0.4) is 0 Å². The smallest absolute Gasteiger partial charge is 0.303 e. The molecule has 1 N–H and O–H groups in total. The van der Waals surface area contributed by atoms with E-state index in [1.165, 1.54) is 18.1 Å². The number of hydrogen-bond donors (Lipinski definition) is 1. The molecule has 0 radical (unpaired) electrons. The molecule has 0 amide bonds. The van der Waals surface area contributed by atoms with Crippen molar-refractivity contribution in [3.8, 4) is 0 Å². The highest BCUT2D eigenvalue weighted by Crippen LogP contribution is 2.52. The quantitative estimate of drug-likeness (QED) is 0.548. The maximum absolute atomic E-state index is 11.8. The number of hydrogen-bond acceptors (Lipinski definition) is 3. The second-order valence-electron chi connectivity index (χ2n) is 8.65. The number of ether oxygens (including phenoxy) is 1. The van der Waals surface area contributed by atoms with Crippen molar-refractivity contribution < 1.29 is 14.6 Å². The lowest BCUT2D eigenvalue weighted by atomic mass is 9.74. The Morgan fingerprint density at radius 1 is 1.32 bits per heavy atom. The summed E-state index contributed by atoms with van der Waals surface area (Å²) in [6.45, 7) is 13.8. The van der Waals surface area contributed by atoms with Crippen LogP contribution in [-0.4, -0.2) is 22.8 Å². The SMILES string of the molecule is C=C1CC/C=C(\C)C[C@@H](OC(C)=O)C2=C(C(C)(C)O)CC[C@@]2(C)CC1. The molecule has 140 valence electrons. The van der Waals surface area contributed by atoms with Crippen LogP contribution in [0.4, 0.5) is 0 Å². The maximum atomic E-state index is 11.8. The summed E-state index contributed by atoms with van der Waals surface area (Å²) in [7, 11) is 0. The predicted octanol–water partition coefficient (Wildman–Crippen LogP) is 5.25. The Morgan fingerprint density at radius 3 is 2.56 bits per heavy atom. The van der Waals surface area contributed by atoms with Crippen molar-refractivity contribution in [2.45, 2.75) is 91.3 Å². The van der Waals surface area contributed by atoms with Gasteiger partial charge in [0, 0.05) is 13.3 Å². The zero-order chi connectivity index (χ0) is 18.8. The van der Waals surface area contributed by atoms with Crippen LogP contribution >= 0.6 is 0 Å². The zero-order valence-corrected chi connectivity index (χ0v) is 16.6. The topological polar surface area (TPSA) is 46.5 Å². The average molecular weight is 347 g/mol. The number of carbonyl (C=O) groups excluding carboxylic acids is 1. The van der Waals surface area contributed by atoms with E-state index in [9.17, 15) is 9.90 Å². The first-order chi connectivity index (χ1) is 11.5. The van der Waals surface area contributed by atoms with Crippen LogP contribution < -0.4 is 0 Å². The molecule has 0 saturated carbocycles. The van der Waals surface area contributed by atoms with E-state index in [1.54, 1.807) is 0 Å². The Balaban J connectivity index is 2.55. The summed E-state index contributed by atoms with van der Waals surface area (Å²) in [6.07, 6.45) is 8.51. The molecule has 2 rings (SSSR count). The number of aliphatic hydroxyl groups is 1. The average Bonchev–Trinajstić information content (AvgIpc) is 2.81. The summed E-state index contributed by atoms with van der Waals surface area (Å²) in [5, 5.41) is 10.8. The van der Waals surface area contributed by atoms with E-state index in [0.717, 1.165) is 49.7 Å². The van der Waals surface area contributed by atoms with Crippen molar-refractivity contribution in [1.82, 2.24) is 0 Å². The molecule has 0 aromatic rings. The van der Waals surface area contributed by atoms with Gasteiger partial charge in [0.05, 0.1) is 5.60 Å². The van der Waals surface area contributed by atoms with Gasteiger partial charge in [0.25, 0.3) is 0 Å². The van der Waals surface area contributed by atoms with Crippen molar-refractivity contribution >= 4 is 5.97 Å². The predicted molar refractivity (Wildman–Crippen MR) is 102 cm³/mol. The van der Waals surface area contributed by atoms with Crippen molar-refractivity contribution in [3.05, 3.63) is 34.9 Å². The van der Waals surface area contributed by atoms with Crippen molar-refractivity contribution in [2.24, 2.45) is 5.41 Å². The van der Waals surface area contributed by atoms with Gasteiger partial charge in [-0.05, 0) is 75.9 Å². The van der Waals surface area contributed by atoms with Gasteiger partial charge in [0.1, 0.15) is 6.10 Å². The first-order valence-corrected chi connectivity index (χ1v) is 9.49. The van der Waals surface area contributed by atoms with Crippen LogP contribution in [-0.2, 0) is 9.53 Å². The largest absolute Gasteiger partial charge is 0.458 e. The van der Waals surface area contributed by atoms with Crippen LogP contribution in [0.25, 0.3) is 0 Å². The Morgan fingerprint density at radius 2 is 1.96 bits per heavy atom. The van der Waals surface area contributed by atoms with Gasteiger partial charge in [-0.3, -0.25) is 4.79 Å². The van der Waals surface area contributed by atoms with Crippen LogP contribution in [0.1, 0.15) is 79.6 Å².